The molecular weight excluding hydrogens is 486 g/mol. The van der Waals surface area contributed by atoms with Gasteiger partial charge in [0.25, 0.3) is 0 Å². The molecule has 1 N–H and O–H groups in total. The van der Waals surface area contributed by atoms with Gasteiger partial charge in [-0.25, -0.2) is 14.4 Å². The Balaban J connectivity index is 0.00000289. The number of rotatable bonds is 7. The maximum atomic E-state index is 14.2. The number of carbonyl (C=O) groups excluding carboxylic acids is 1. The minimum Gasteiger partial charge on any atom is -0.550 e. The molecule has 1 aromatic carbocycles. The molecule has 6 nitrogen and oxygen atoms in total. The number of aliphatic carboxylic acids is 1. The van der Waals surface area contributed by atoms with Crippen LogP contribution in [0.3, 0.4) is 0 Å². The molecule has 0 saturated heterocycles. The number of fused-ring (bicyclic) bond motifs is 1. The third-order valence-electron chi connectivity index (χ3n) is 5.21. The van der Waals surface area contributed by atoms with E-state index in [1.807, 2.05) is 18.2 Å². The monoisotopic (exact) mass is 506 g/mol. The van der Waals surface area contributed by atoms with Gasteiger partial charge >= 0.3 is 29.6 Å². The van der Waals surface area contributed by atoms with Crippen molar-refractivity contribution in [2.45, 2.75) is 32.2 Å². The molecule has 0 bridgehead atoms. The largest absolute Gasteiger partial charge is 1.00 e. The number of hydrogen-bond acceptors (Lipinski definition) is 6. The normalized spacial score (nSPS) is 12.6. The minimum atomic E-state index is -1.19. The fraction of sp³-hybridized carbons (Fsp3) is 0.261. The molecule has 0 atom stereocenters. The predicted octanol–water partition coefficient (Wildman–Crippen LogP) is 0.761. The number of anilines is 3. The van der Waals surface area contributed by atoms with Gasteiger partial charge in [0.1, 0.15) is 17.5 Å². The molecular formula is C23H21BrFN4NaO2. The van der Waals surface area contributed by atoms with E-state index in [-0.39, 0.29) is 42.4 Å². The Bertz CT molecular complexity index is 1100. The van der Waals surface area contributed by atoms with E-state index in [4.69, 9.17) is 4.98 Å². The molecule has 2 aromatic heterocycles. The number of nitrogens with one attached hydrogen (secondary N) is 1. The third kappa shape index (κ3) is 6.07. The Morgan fingerprint density at radius 1 is 1.22 bits per heavy atom. The van der Waals surface area contributed by atoms with E-state index in [9.17, 15) is 14.3 Å². The van der Waals surface area contributed by atoms with E-state index in [1.54, 1.807) is 18.3 Å². The van der Waals surface area contributed by atoms with Crippen LogP contribution in [0.1, 0.15) is 29.7 Å². The zero-order valence-electron chi connectivity index (χ0n) is 17.8. The summed E-state index contributed by atoms with van der Waals surface area (Å²) in [7, 11) is 0. The summed E-state index contributed by atoms with van der Waals surface area (Å²) in [5, 5.41) is 13.8. The Hall–Kier alpha value is -2.00. The number of aromatic nitrogens is 2. The summed E-state index contributed by atoms with van der Waals surface area (Å²) >= 11 is 3.42. The van der Waals surface area contributed by atoms with Crippen LogP contribution in [0.5, 0.6) is 0 Å². The molecule has 160 valence electrons. The molecule has 3 heterocycles. The minimum absolute atomic E-state index is 0. The fourth-order valence-corrected chi connectivity index (χ4v) is 3.85. The molecule has 0 radical (unpaired) electrons. The molecule has 0 fully saturated rings. The molecule has 4 rings (SSSR count). The van der Waals surface area contributed by atoms with Crippen LogP contribution in [0, 0.1) is 5.82 Å². The van der Waals surface area contributed by atoms with Gasteiger partial charge in [0.05, 0.1) is 12.2 Å². The number of carboxylic acids is 1. The smallest absolute Gasteiger partial charge is 0.550 e. The van der Waals surface area contributed by atoms with Crippen LogP contribution < -0.4 is 44.9 Å². The van der Waals surface area contributed by atoms with Crippen molar-refractivity contribution in [1.29, 1.82) is 0 Å². The van der Waals surface area contributed by atoms with Crippen molar-refractivity contribution in [1.82, 2.24) is 9.97 Å². The molecule has 32 heavy (non-hydrogen) atoms. The molecule has 3 aromatic rings. The van der Waals surface area contributed by atoms with E-state index < -0.39 is 11.8 Å². The van der Waals surface area contributed by atoms with Crippen molar-refractivity contribution < 1.29 is 43.8 Å². The van der Waals surface area contributed by atoms with Gasteiger partial charge in [-0.15, -0.1) is 0 Å². The van der Waals surface area contributed by atoms with Crippen LogP contribution in [0.4, 0.5) is 21.7 Å². The summed E-state index contributed by atoms with van der Waals surface area (Å²) in [4.78, 5) is 22.1. The number of pyridine rings is 2. The first-order valence-electron chi connectivity index (χ1n) is 10.1. The molecule has 0 aliphatic carbocycles. The Kier molecular flexibility index (Phi) is 8.64. The Morgan fingerprint density at radius 3 is 2.78 bits per heavy atom. The number of carboxylic acid groups (broad SMARTS) is 1. The van der Waals surface area contributed by atoms with Crippen LogP contribution in [0.15, 0.2) is 53.1 Å². The molecule has 0 unspecified atom stereocenters. The number of benzene rings is 1. The zero-order valence-corrected chi connectivity index (χ0v) is 21.4. The van der Waals surface area contributed by atoms with E-state index in [2.05, 4.69) is 37.2 Å². The first kappa shape index (κ1) is 24.6. The summed E-state index contributed by atoms with van der Waals surface area (Å²) in [6.07, 6.45) is 3.70. The van der Waals surface area contributed by atoms with Crippen molar-refractivity contribution >= 4 is 39.2 Å². The van der Waals surface area contributed by atoms with Crippen molar-refractivity contribution in [3.8, 4) is 0 Å². The third-order valence-corrected chi connectivity index (χ3v) is 5.68. The van der Waals surface area contributed by atoms with Crippen LogP contribution in [-0.2, 0) is 24.2 Å². The van der Waals surface area contributed by atoms with Gasteiger partial charge < -0.3 is 20.1 Å². The van der Waals surface area contributed by atoms with Gasteiger partial charge in [-0.2, -0.15) is 0 Å². The summed E-state index contributed by atoms with van der Waals surface area (Å²) in [6.45, 7) is 1.29. The molecule has 1 aliphatic heterocycles. The van der Waals surface area contributed by atoms with Crippen molar-refractivity contribution in [3.05, 3.63) is 75.8 Å². The maximum absolute atomic E-state index is 14.2. The number of carbonyl (C=O) groups is 1. The first-order chi connectivity index (χ1) is 15.0. The van der Waals surface area contributed by atoms with Gasteiger partial charge in [-0.1, -0.05) is 12.1 Å². The average Bonchev–Trinajstić information content (AvgIpc) is 2.77. The summed E-state index contributed by atoms with van der Waals surface area (Å²) in [6, 6.07) is 12.7. The van der Waals surface area contributed by atoms with Crippen LogP contribution in [-0.4, -0.2) is 22.5 Å². The second-order valence-corrected chi connectivity index (χ2v) is 8.32. The van der Waals surface area contributed by atoms with Gasteiger partial charge in [-0.3, -0.25) is 0 Å². The molecule has 0 amide bonds. The van der Waals surface area contributed by atoms with Crippen molar-refractivity contribution in [2.75, 3.05) is 16.8 Å². The SMILES string of the molecule is O=C([O-])CCc1ccc(NCc2ccc3c(n2)N(c2ccc(Br)cn2)CCC3)cc1F.[Na+]. The maximum Gasteiger partial charge on any atom is 1.00 e. The molecule has 0 saturated carbocycles. The van der Waals surface area contributed by atoms with Crippen molar-refractivity contribution in [2.24, 2.45) is 0 Å². The second kappa shape index (κ2) is 11.2. The average molecular weight is 507 g/mol. The van der Waals surface area contributed by atoms with E-state index >= 15 is 0 Å². The van der Waals surface area contributed by atoms with Gasteiger partial charge in [0.15, 0.2) is 0 Å². The topological polar surface area (TPSA) is 81.2 Å². The van der Waals surface area contributed by atoms with Crippen molar-refractivity contribution in [3.63, 3.8) is 0 Å². The molecule has 1 aliphatic rings. The summed E-state index contributed by atoms with van der Waals surface area (Å²) < 4.78 is 15.2. The number of nitrogens with zero attached hydrogens (tertiary/aromatic N) is 3. The summed E-state index contributed by atoms with van der Waals surface area (Å²) in [5.41, 5.74) is 2.99. The molecule has 0 spiro atoms. The van der Waals surface area contributed by atoms with E-state index in [1.165, 1.54) is 11.6 Å². The van der Waals surface area contributed by atoms with Gasteiger partial charge in [-0.05, 0) is 83.1 Å². The first-order valence-corrected chi connectivity index (χ1v) is 10.9. The number of aryl methyl sites for hydroxylation is 2. The Labute approximate surface area is 216 Å². The van der Waals surface area contributed by atoms with E-state index in [0.717, 1.165) is 41.2 Å². The zero-order chi connectivity index (χ0) is 21.8. The quantitative estimate of drug-likeness (QED) is 0.476. The predicted molar refractivity (Wildman–Crippen MR) is 119 cm³/mol. The Morgan fingerprint density at radius 2 is 2.06 bits per heavy atom. The van der Waals surface area contributed by atoms with Gasteiger partial charge in [0.2, 0.25) is 0 Å². The molecule has 9 heteroatoms. The standard InChI is InChI=1S/C23H22BrFN4O2.Na/c24-17-6-9-21(27-13-17)29-11-1-2-16-4-8-19(28-23(16)29)14-26-18-7-3-15(20(25)12-18)5-10-22(30)31;/h3-4,6-9,12-13,26H,1-2,5,10-11,14H2,(H,30,31);/q;+1/p-1. The number of halogens is 2. The summed E-state index contributed by atoms with van der Waals surface area (Å²) in [5.74, 6) is 0.143. The van der Waals surface area contributed by atoms with Crippen LogP contribution >= 0.6 is 15.9 Å². The van der Waals surface area contributed by atoms with Crippen LogP contribution in [0.2, 0.25) is 0 Å². The second-order valence-electron chi connectivity index (χ2n) is 7.41. The van der Waals surface area contributed by atoms with E-state index in [0.29, 0.717) is 17.8 Å². The van der Waals surface area contributed by atoms with Gasteiger partial charge in [0, 0.05) is 28.9 Å². The van der Waals surface area contributed by atoms with Crippen LogP contribution in [0.25, 0.3) is 0 Å². The fourth-order valence-electron chi connectivity index (χ4n) is 3.62. The number of hydrogen-bond donors (Lipinski definition) is 1.